The van der Waals surface area contributed by atoms with Crippen LogP contribution in [0.3, 0.4) is 0 Å². The number of nitrogens with zero attached hydrogens (tertiary/aromatic N) is 5. The third-order valence-electron chi connectivity index (χ3n) is 6.00. The van der Waals surface area contributed by atoms with E-state index in [-0.39, 0.29) is 5.56 Å². The van der Waals surface area contributed by atoms with Gasteiger partial charge in [0.15, 0.2) is 0 Å². The Morgan fingerprint density at radius 3 is 3.17 bits per heavy atom. The monoisotopic (exact) mass is 442 g/mol. The molecule has 1 fully saturated rings. The number of hydrogen-bond donors (Lipinski definition) is 1. The van der Waals surface area contributed by atoms with Crippen LogP contribution in [0.4, 0.5) is 5.82 Å². The number of hydrogen-bond acceptors (Lipinski definition) is 8. The second-order valence-electron chi connectivity index (χ2n) is 7.90. The summed E-state index contributed by atoms with van der Waals surface area (Å²) in [7, 11) is 0. The van der Waals surface area contributed by atoms with Gasteiger partial charge in [0.05, 0.1) is 22.5 Å². The van der Waals surface area contributed by atoms with E-state index in [9.17, 15) is 4.79 Å². The molecular formula is C21H26N6OS2. The van der Waals surface area contributed by atoms with E-state index in [1.807, 2.05) is 17.8 Å². The summed E-state index contributed by atoms with van der Waals surface area (Å²) < 4.78 is 2.79. The minimum absolute atomic E-state index is 0.0315. The summed E-state index contributed by atoms with van der Waals surface area (Å²) >= 11 is 3.55. The van der Waals surface area contributed by atoms with E-state index in [2.05, 4.69) is 30.7 Å². The van der Waals surface area contributed by atoms with Gasteiger partial charge in [0.2, 0.25) is 0 Å². The normalized spacial score (nSPS) is 19.7. The molecule has 0 amide bonds. The molecule has 0 saturated carbocycles. The molecule has 0 spiro atoms. The first kappa shape index (κ1) is 20.0. The summed E-state index contributed by atoms with van der Waals surface area (Å²) in [6.07, 6.45) is 6.21. The standard InChI is InChI=1S/C21H26N6OS2/c28-19-11-15-13-29-9-4-17(15)25-27(19)8-7-26-6-2-1-3-16(26)12-22-21-20-18(5-10-30-20)23-14-24-21/h5,10-11,14,16H,1-4,6-9,12-13H2,(H,22,23,24). The number of likely N-dealkylation sites (tertiary alicyclic amines) is 1. The smallest absolute Gasteiger partial charge is 0.267 e. The van der Waals surface area contributed by atoms with Crippen LogP contribution in [-0.2, 0) is 18.7 Å². The van der Waals surface area contributed by atoms with Gasteiger partial charge in [0.1, 0.15) is 12.1 Å². The highest BCUT2D eigenvalue weighted by molar-refractivity contribution is 7.98. The highest BCUT2D eigenvalue weighted by atomic mass is 32.2. The van der Waals surface area contributed by atoms with E-state index in [0.717, 1.165) is 71.3 Å². The molecule has 1 N–H and O–H groups in total. The summed E-state index contributed by atoms with van der Waals surface area (Å²) in [5.41, 5.74) is 3.25. The maximum atomic E-state index is 12.5. The number of nitrogens with one attached hydrogen (secondary N) is 1. The van der Waals surface area contributed by atoms with Crippen LogP contribution >= 0.6 is 23.1 Å². The molecule has 1 saturated heterocycles. The van der Waals surface area contributed by atoms with E-state index in [0.29, 0.717) is 12.6 Å². The fraction of sp³-hybridized carbons (Fsp3) is 0.524. The Hall–Kier alpha value is -1.97. The van der Waals surface area contributed by atoms with Crippen molar-refractivity contribution in [1.82, 2.24) is 24.6 Å². The Kier molecular flexibility index (Phi) is 6.01. The quantitative estimate of drug-likeness (QED) is 0.629. The molecule has 3 aromatic rings. The SMILES string of the molecule is O=c1cc2c(nn1CCN1CCCCC1CNc1ncnc3ccsc13)CCSC2. The summed E-state index contributed by atoms with van der Waals surface area (Å²) in [6.45, 7) is 3.43. The van der Waals surface area contributed by atoms with Gasteiger partial charge in [-0.2, -0.15) is 16.9 Å². The molecule has 30 heavy (non-hydrogen) atoms. The number of thioether (sulfide) groups is 1. The Morgan fingerprint density at radius 2 is 2.20 bits per heavy atom. The lowest BCUT2D eigenvalue weighted by Gasteiger charge is -2.36. The van der Waals surface area contributed by atoms with Gasteiger partial charge in [-0.25, -0.2) is 14.6 Å². The zero-order valence-corrected chi connectivity index (χ0v) is 18.6. The van der Waals surface area contributed by atoms with Crippen molar-refractivity contribution >= 4 is 39.1 Å². The van der Waals surface area contributed by atoms with Crippen molar-refractivity contribution in [2.24, 2.45) is 0 Å². The largest absolute Gasteiger partial charge is 0.367 e. The molecule has 0 aromatic carbocycles. The van der Waals surface area contributed by atoms with Crippen LogP contribution in [0.25, 0.3) is 10.2 Å². The molecule has 0 aliphatic carbocycles. The molecule has 0 radical (unpaired) electrons. The van der Waals surface area contributed by atoms with Gasteiger partial charge in [-0.1, -0.05) is 6.42 Å². The zero-order valence-electron chi connectivity index (χ0n) is 16.9. The third kappa shape index (κ3) is 4.24. The van der Waals surface area contributed by atoms with Gasteiger partial charge < -0.3 is 5.32 Å². The molecule has 158 valence electrons. The average molecular weight is 443 g/mol. The number of thiophene rings is 1. The number of piperidine rings is 1. The van der Waals surface area contributed by atoms with Crippen molar-refractivity contribution in [2.45, 2.75) is 44.0 Å². The molecule has 5 heterocycles. The predicted octanol–water partition coefficient (Wildman–Crippen LogP) is 3.00. The van der Waals surface area contributed by atoms with E-state index in [1.165, 1.54) is 12.8 Å². The molecule has 2 aliphatic heterocycles. The summed E-state index contributed by atoms with van der Waals surface area (Å²) in [5, 5.41) is 10.3. The van der Waals surface area contributed by atoms with Crippen molar-refractivity contribution < 1.29 is 0 Å². The number of aryl methyl sites for hydroxylation is 1. The van der Waals surface area contributed by atoms with Crippen LogP contribution in [0.1, 0.15) is 30.5 Å². The first-order valence-electron chi connectivity index (χ1n) is 10.6. The topological polar surface area (TPSA) is 75.9 Å². The maximum absolute atomic E-state index is 12.5. The Labute approximate surface area is 183 Å². The van der Waals surface area contributed by atoms with Crippen LogP contribution in [0.15, 0.2) is 28.6 Å². The van der Waals surface area contributed by atoms with E-state index < -0.39 is 0 Å². The van der Waals surface area contributed by atoms with Gasteiger partial charge in [0, 0.05) is 37.4 Å². The molecule has 3 aromatic heterocycles. The Morgan fingerprint density at radius 1 is 1.23 bits per heavy atom. The van der Waals surface area contributed by atoms with Gasteiger partial charge in [0.25, 0.3) is 5.56 Å². The minimum Gasteiger partial charge on any atom is -0.367 e. The fourth-order valence-corrected chi connectivity index (χ4v) is 6.11. The first-order chi connectivity index (χ1) is 14.8. The number of anilines is 1. The average Bonchev–Trinajstić information content (AvgIpc) is 3.26. The lowest BCUT2D eigenvalue weighted by atomic mass is 10.0. The van der Waals surface area contributed by atoms with E-state index in [1.54, 1.807) is 28.4 Å². The highest BCUT2D eigenvalue weighted by Crippen LogP contribution is 2.26. The van der Waals surface area contributed by atoms with Crippen molar-refractivity contribution in [1.29, 1.82) is 0 Å². The number of rotatable bonds is 6. The molecular weight excluding hydrogens is 416 g/mol. The molecule has 0 bridgehead atoms. The zero-order chi connectivity index (χ0) is 20.3. The van der Waals surface area contributed by atoms with Crippen LogP contribution < -0.4 is 10.9 Å². The van der Waals surface area contributed by atoms with Crippen LogP contribution in [0, 0.1) is 0 Å². The van der Waals surface area contributed by atoms with Crippen LogP contribution in [0.5, 0.6) is 0 Å². The second-order valence-corrected chi connectivity index (χ2v) is 9.93. The lowest BCUT2D eigenvalue weighted by molar-refractivity contribution is 0.148. The van der Waals surface area contributed by atoms with Crippen LogP contribution in [0.2, 0.25) is 0 Å². The van der Waals surface area contributed by atoms with Gasteiger partial charge >= 0.3 is 0 Å². The van der Waals surface area contributed by atoms with Gasteiger partial charge in [-0.05, 0) is 42.1 Å². The second kappa shape index (κ2) is 9.03. The summed E-state index contributed by atoms with van der Waals surface area (Å²) in [4.78, 5) is 23.8. The molecule has 1 unspecified atom stereocenters. The van der Waals surface area contributed by atoms with Crippen molar-refractivity contribution in [3.63, 3.8) is 0 Å². The fourth-order valence-electron chi connectivity index (χ4n) is 4.35. The molecule has 7 nitrogen and oxygen atoms in total. The Balaban J connectivity index is 1.24. The minimum atomic E-state index is 0.0315. The van der Waals surface area contributed by atoms with Crippen LogP contribution in [-0.4, -0.2) is 56.1 Å². The molecule has 5 rings (SSSR count). The van der Waals surface area contributed by atoms with Crippen molar-refractivity contribution in [2.75, 3.05) is 30.7 Å². The Bertz CT molecular complexity index is 1080. The number of fused-ring (bicyclic) bond motifs is 2. The van der Waals surface area contributed by atoms with Gasteiger partial charge in [-0.15, -0.1) is 11.3 Å². The molecule has 9 heteroatoms. The van der Waals surface area contributed by atoms with Crippen molar-refractivity contribution in [3.05, 3.63) is 45.5 Å². The van der Waals surface area contributed by atoms with E-state index in [4.69, 9.17) is 0 Å². The first-order valence-corrected chi connectivity index (χ1v) is 12.6. The summed E-state index contributed by atoms with van der Waals surface area (Å²) in [5.74, 6) is 2.93. The molecule has 2 aliphatic rings. The number of aromatic nitrogens is 4. The summed E-state index contributed by atoms with van der Waals surface area (Å²) in [6, 6.07) is 4.26. The van der Waals surface area contributed by atoms with Crippen molar-refractivity contribution in [3.8, 4) is 0 Å². The van der Waals surface area contributed by atoms with Gasteiger partial charge in [-0.3, -0.25) is 9.69 Å². The lowest BCUT2D eigenvalue weighted by Crippen LogP contribution is -2.45. The predicted molar refractivity (Wildman–Crippen MR) is 123 cm³/mol. The molecule has 1 atom stereocenters. The van der Waals surface area contributed by atoms with E-state index >= 15 is 0 Å². The highest BCUT2D eigenvalue weighted by Gasteiger charge is 2.23. The maximum Gasteiger partial charge on any atom is 0.267 e. The third-order valence-corrected chi connectivity index (χ3v) is 7.92.